The summed E-state index contributed by atoms with van der Waals surface area (Å²) in [4.78, 5) is 11.4. The molecule has 0 bridgehead atoms. The quantitative estimate of drug-likeness (QED) is 0.522. The molecule has 0 saturated carbocycles. The van der Waals surface area contributed by atoms with Crippen molar-refractivity contribution in [2.45, 2.75) is 12.4 Å². The number of benzene rings is 2. The minimum atomic E-state index is -4.54. The zero-order chi connectivity index (χ0) is 21.2. The molecule has 0 fully saturated rings. The molecule has 29 heavy (non-hydrogen) atoms. The Morgan fingerprint density at radius 2 is 1.07 bits per heavy atom. The van der Waals surface area contributed by atoms with Crippen molar-refractivity contribution in [1.82, 2.24) is 15.0 Å². The second-order valence-electron chi connectivity index (χ2n) is 5.75. The van der Waals surface area contributed by atoms with Gasteiger partial charge in [-0.2, -0.15) is 41.3 Å². The van der Waals surface area contributed by atoms with E-state index in [0.717, 1.165) is 24.3 Å². The Balaban J connectivity index is 1.84. The molecule has 4 N–H and O–H groups in total. The lowest BCUT2D eigenvalue weighted by Crippen LogP contribution is -2.09. The van der Waals surface area contributed by atoms with Gasteiger partial charge in [0.25, 0.3) is 0 Å². The first-order chi connectivity index (χ1) is 13.5. The molecule has 0 aliphatic carbocycles. The first-order valence-electron chi connectivity index (χ1n) is 7.91. The van der Waals surface area contributed by atoms with Gasteiger partial charge in [0.1, 0.15) is 0 Å². The summed E-state index contributed by atoms with van der Waals surface area (Å²) in [5.41, 5.74) is 3.87. The molecule has 0 aliphatic rings. The largest absolute Gasteiger partial charge is 0.416 e. The summed E-state index contributed by atoms with van der Waals surface area (Å²) in [5.74, 6) is -0.665. The van der Waals surface area contributed by atoms with Crippen molar-refractivity contribution in [3.63, 3.8) is 0 Å². The molecule has 0 saturated heterocycles. The van der Waals surface area contributed by atoms with Gasteiger partial charge in [-0.3, -0.25) is 0 Å². The number of halogens is 6. The van der Waals surface area contributed by atoms with Gasteiger partial charge < -0.3 is 16.4 Å². The predicted octanol–water partition coefficient (Wildman–Crippen LogP) is 4.98. The molecule has 0 radical (unpaired) electrons. The number of nitrogens with zero attached hydrogens (tertiary/aromatic N) is 3. The molecule has 0 aliphatic heterocycles. The fourth-order valence-corrected chi connectivity index (χ4v) is 2.31. The van der Waals surface area contributed by atoms with E-state index in [1.54, 1.807) is 0 Å². The van der Waals surface area contributed by atoms with E-state index in [1.165, 1.54) is 24.3 Å². The highest BCUT2D eigenvalue weighted by Gasteiger charge is 2.31. The topological polar surface area (TPSA) is 88.8 Å². The Hall–Kier alpha value is -3.57. The average molecular weight is 414 g/mol. The fourth-order valence-electron chi connectivity index (χ4n) is 2.31. The zero-order valence-electron chi connectivity index (χ0n) is 14.3. The Labute approximate surface area is 159 Å². The maximum Gasteiger partial charge on any atom is 0.416 e. The Morgan fingerprint density at radius 3 is 1.45 bits per heavy atom. The first kappa shape index (κ1) is 20.2. The third-order valence-electron chi connectivity index (χ3n) is 3.54. The minimum absolute atomic E-state index is 0.0374. The molecule has 1 heterocycles. The van der Waals surface area contributed by atoms with Crippen molar-refractivity contribution in [2.75, 3.05) is 16.4 Å². The number of alkyl halides is 6. The lowest BCUT2D eigenvalue weighted by molar-refractivity contribution is -0.138. The average Bonchev–Trinajstić information content (AvgIpc) is 2.60. The van der Waals surface area contributed by atoms with Crippen LogP contribution in [0, 0.1) is 0 Å². The van der Waals surface area contributed by atoms with Gasteiger partial charge in [-0.05, 0) is 36.4 Å². The van der Waals surface area contributed by atoms with Gasteiger partial charge in [-0.1, -0.05) is 12.1 Å². The lowest BCUT2D eigenvalue weighted by Gasteiger charge is -2.12. The van der Waals surface area contributed by atoms with Crippen molar-refractivity contribution < 1.29 is 26.3 Å². The summed E-state index contributed by atoms with van der Waals surface area (Å²) in [6, 6.07) is 8.58. The van der Waals surface area contributed by atoms with Gasteiger partial charge in [0, 0.05) is 11.4 Å². The molecular weight excluding hydrogens is 402 g/mol. The van der Waals surface area contributed by atoms with Crippen LogP contribution in [-0.2, 0) is 12.4 Å². The van der Waals surface area contributed by atoms with E-state index in [0.29, 0.717) is 0 Å². The molecule has 1 aromatic heterocycles. The van der Waals surface area contributed by atoms with E-state index in [-0.39, 0.29) is 29.2 Å². The minimum Gasteiger partial charge on any atom is -0.368 e. The first-order valence-corrected chi connectivity index (χ1v) is 7.91. The summed E-state index contributed by atoms with van der Waals surface area (Å²) in [6.45, 7) is 0. The number of nitrogen functional groups attached to an aromatic ring is 1. The number of rotatable bonds is 4. The van der Waals surface area contributed by atoms with Crippen LogP contribution in [0.5, 0.6) is 0 Å². The molecule has 6 nitrogen and oxygen atoms in total. The van der Waals surface area contributed by atoms with Gasteiger partial charge in [-0.15, -0.1) is 0 Å². The summed E-state index contributed by atoms with van der Waals surface area (Å²) in [6.07, 6.45) is -9.07. The lowest BCUT2D eigenvalue weighted by atomic mass is 10.2. The van der Waals surface area contributed by atoms with E-state index in [4.69, 9.17) is 5.73 Å². The third-order valence-corrected chi connectivity index (χ3v) is 3.54. The highest BCUT2D eigenvalue weighted by Crippen LogP contribution is 2.32. The molecule has 152 valence electrons. The molecule has 12 heteroatoms. The zero-order valence-corrected chi connectivity index (χ0v) is 14.3. The van der Waals surface area contributed by atoms with Crippen LogP contribution in [0.2, 0.25) is 0 Å². The van der Waals surface area contributed by atoms with Gasteiger partial charge in [-0.25, -0.2) is 0 Å². The summed E-state index contributed by atoms with van der Waals surface area (Å²) in [5, 5.41) is 5.11. The van der Waals surface area contributed by atoms with Crippen LogP contribution < -0.4 is 16.4 Å². The molecule has 0 spiro atoms. The molecule has 3 rings (SSSR count). The highest BCUT2D eigenvalue weighted by atomic mass is 19.4. The van der Waals surface area contributed by atoms with Crippen LogP contribution in [0.3, 0.4) is 0 Å². The number of aromatic nitrogens is 3. The second kappa shape index (κ2) is 7.45. The van der Waals surface area contributed by atoms with Gasteiger partial charge in [0.05, 0.1) is 11.1 Å². The maximum absolute atomic E-state index is 12.8. The second-order valence-corrected chi connectivity index (χ2v) is 5.75. The van der Waals surface area contributed by atoms with Gasteiger partial charge in [0.2, 0.25) is 17.8 Å². The number of hydrogen-bond acceptors (Lipinski definition) is 6. The third kappa shape index (κ3) is 5.24. The maximum atomic E-state index is 12.8. The van der Waals surface area contributed by atoms with Gasteiger partial charge in [0.15, 0.2) is 0 Å². The van der Waals surface area contributed by atoms with Crippen LogP contribution in [-0.4, -0.2) is 15.0 Å². The van der Waals surface area contributed by atoms with E-state index < -0.39 is 23.5 Å². The molecule has 0 atom stereocenters. The molecule has 3 aromatic rings. The number of hydrogen-bond donors (Lipinski definition) is 3. The van der Waals surface area contributed by atoms with Crippen LogP contribution in [0.1, 0.15) is 11.1 Å². The summed E-state index contributed by atoms with van der Waals surface area (Å²) in [7, 11) is 0. The molecule has 2 aromatic carbocycles. The standard InChI is InChI=1S/C17H12F6N6/c18-16(19,20)9-3-1-5-11(7-9)25-14-27-13(24)28-15(29-14)26-12-6-2-4-10(8-12)17(21,22)23/h1-8H,(H4,24,25,26,27,28,29). The summed E-state index contributed by atoms with van der Waals surface area (Å²) < 4.78 is 76.9. The smallest absolute Gasteiger partial charge is 0.368 e. The highest BCUT2D eigenvalue weighted by molar-refractivity contribution is 5.60. The van der Waals surface area contributed by atoms with E-state index in [1.807, 2.05) is 0 Å². The molecular formula is C17H12F6N6. The van der Waals surface area contributed by atoms with E-state index >= 15 is 0 Å². The van der Waals surface area contributed by atoms with Crippen molar-refractivity contribution >= 4 is 29.2 Å². The molecule has 0 unspecified atom stereocenters. The van der Waals surface area contributed by atoms with Crippen LogP contribution >= 0.6 is 0 Å². The Kier molecular flexibility index (Phi) is 5.18. The summed E-state index contributed by atoms with van der Waals surface area (Å²) >= 11 is 0. The van der Waals surface area contributed by atoms with Crippen molar-refractivity contribution in [1.29, 1.82) is 0 Å². The van der Waals surface area contributed by atoms with Crippen molar-refractivity contribution in [3.8, 4) is 0 Å². The van der Waals surface area contributed by atoms with E-state index in [9.17, 15) is 26.3 Å². The van der Waals surface area contributed by atoms with Crippen LogP contribution in [0.25, 0.3) is 0 Å². The Bertz CT molecular complexity index is 940. The van der Waals surface area contributed by atoms with Crippen molar-refractivity contribution in [2.24, 2.45) is 0 Å². The van der Waals surface area contributed by atoms with Gasteiger partial charge >= 0.3 is 12.4 Å². The van der Waals surface area contributed by atoms with Crippen LogP contribution in [0.4, 0.5) is 55.6 Å². The Morgan fingerprint density at radius 1 is 0.655 bits per heavy atom. The van der Waals surface area contributed by atoms with E-state index in [2.05, 4.69) is 25.6 Å². The monoisotopic (exact) mass is 414 g/mol. The number of nitrogens with one attached hydrogen (secondary N) is 2. The predicted molar refractivity (Wildman–Crippen MR) is 93.7 cm³/mol. The number of nitrogens with two attached hydrogens (primary N) is 1. The SMILES string of the molecule is Nc1nc(Nc2cccc(C(F)(F)F)c2)nc(Nc2cccc(C(F)(F)F)c2)n1. The molecule has 0 amide bonds. The van der Waals surface area contributed by atoms with Crippen LogP contribution in [0.15, 0.2) is 48.5 Å². The fraction of sp³-hybridized carbons (Fsp3) is 0.118. The number of anilines is 5. The van der Waals surface area contributed by atoms with Crippen molar-refractivity contribution in [3.05, 3.63) is 59.7 Å². The normalized spacial score (nSPS) is 11.9.